The molecule has 1 saturated heterocycles. The smallest absolute Gasteiger partial charge is 0.414 e. The molecule has 1 amide bonds. The first-order valence-electron chi connectivity index (χ1n) is 5.48. The molecule has 0 radical (unpaired) electrons. The second kappa shape index (κ2) is 5.69. The van der Waals surface area contributed by atoms with Crippen molar-refractivity contribution in [1.82, 2.24) is 0 Å². The van der Waals surface area contributed by atoms with Crippen LogP contribution in [0.2, 0.25) is 5.02 Å². The number of cyclic esters (lactones) is 1. The molecule has 7 nitrogen and oxygen atoms in total. The highest BCUT2D eigenvalue weighted by Gasteiger charge is 2.32. The number of benzene rings is 1. The Hall–Kier alpha value is -2.11. The minimum atomic E-state index is -0.487. The Morgan fingerprint density at radius 1 is 1.68 bits per heavy atom. The number of carbonyl (C=O) groups is 1. The van der Waals surface area contributed by atoms with Crippen LogP contribution in [0.4, 0.5) is 10.5 Å². The molecule has 0 unspecified atom stereocenters. The highest BCUT2D eigenvalue weighted by Crippen LogP contribution is 2.31. The maximum absolute atomic E-state index is 11.7. The topological polar surface area (TPSA) is 87.5 Å². The third-order valence-corrected chi connectivity index (χ3v) is 2.97. The lowest BCUT2D eigenvalue weighted by atomic mass is 10.2. The second-order valence-electron chi connectivity index (χ2n) is 3.85. The molecule has 0 bridgehead atoms. The van der Waals surface area contributed by atoms with E-state index in [1.807, 2.05) is 0 Å². The molecule has 100 valence electrons. The molecule has 1 aliphatic rings. The van der Waals surface area contributed by atoms with Crippen LogP contribution in [0, 0.1) is 0 Å². The van der Waals surface area contributed by atoms with Crippen molar-refractivity contribution >= 4 is 23.4 Å². The summed E-state index contributed by atoms with van der Waals surface area (Å²) >= 11 is 6.01. The van der Waals surface area contributed by atoms with Gasteiger partial charge in [-0.25, -0.2) is 4.79 Å². The molecule has 1 aromatic rings. The van der Waals surface area contributed by atoms with Crippen LogP contribution < -0.4 is 9.64 Å². The first-order valence-corrected chi connectivity index (χ1v) is 5.86. The fourth-order valence-corrected chi connectivity index (χ4v) is 2.03. The molecule has 0 spiro atoms. The number of rotatable bonds is 4. The highest BCUT2D eigenvalue weighted by atomic mass is 35.5. The third kappa shape index (κ3) is 2.83. The van der Waals surface area contributed by atoms with Gasteiger partial charge in [0, 0.05) is 10.6 Å². The van der Waals surface area contributed by atoms with Crippen molar-refractivity contribution in [3.8, 4) is 5.75 Å². The SMILES string of the molecule is COc1ccc(N2C[C@H](CN=[N+]=[N-])OC2=O)cc1Cl. The molecule has 1 atom stereocenters. The van der Waals surface area contributed by atoms with Gasteiger partial charge in [-0.1, -0.05) is 16.7 Å². The summed E-state index contributed by atoms with van der Waals surface area (Å²) in [4.78, 5) is 15.8. The van der Waals surface area contributed by atoms with Gasteiger partial charge in [-0.2, -0.15) is 0 Å². The van der Waals surface area contributed by atoms with E-state index in [4.69, 9.17) is 26.6 Å². The molecule has 1 aliphatic heterocycles. The van der Waals surface area contributed by atoms with Crippen LogP contribution in [-0.4, -0.2) is 32.4 Å². The van der Waals surface area contributed by atoms with Crippen molar-refractivity contribution in [3.63, 3.8) is 0 Å². The number of hydrogen-bond acceptors (Lipinski definition) is 4. The van der Waals surface area contributed by atoms with Gasteiger partial charge in [0.15, 0.2) is 0 Å². The van der Waals surface area contributed by atoms with Crippen LogP contribution in [0.1, 0.15) is 0 Å². The van der Waals surface area contributed by atoms with Gasteiger partial charge in [-0.05, 0) is 23.7 Å². The van der Waals surface area contributed by atoms with E-state index in [0.717, 1.165) is 0 Å². The molecule has 0 N–H and O–H groups in total. The summed E-state index contributed by atoms with van der Waals surface area (Å²) < 4.78 is 10.1. The number of halogens is 1. The number of azide groups is 1. The summed E-state index contributed by atoms with van der Waals surface area (Å²) in [6, 6.07) is 5.01. The van der Waals surface area contributed by atoms with E-state index in [-0.39, 0.29) is 6.54 Å². The van der Waals surface area contributed by atoms with Gasteiger partial charge in [0.1, 0.15) is 11.9 Å². The van der Waals surface area contributed by atoms with Gasteiger partial charge in [-0.15, -0.1) is 0 Å². The number of nitrogens with zero attached hydrogens (tertiary/aromatic N) is 4. The lowest BCUT2D eigenvalue weighted by Crippen LogP contribution is -2.25. The summed E-state index contributed by atoms with van der Waals surface area (Å²) in [5.41, 5.74) is 8.85. The molecule has 1 aromatic carbocycles. The van der Waals surface area contributed by atoms with Crippen LogP contribution in [0.3, 0.4) is 0 Å². The monoisotopic (exact) mass is 282 g/mol. The van der Waals surface area contributed by atoms with E-state index < -0.39 is 12.2 Å². The van der Waals surface area contributed by atoms with E-state index >= 15 is 0 Å². The van der Waals surface area contributed by atoms with Gasteiger partial charge >= 0.3 is 6.09 Å². The molecular formula is C11H11ClN4O3. The number of methoxy groups -OCH3 is 1. The van der Waals surface area contributed by atoms with Crippen molar-refractivity contribution in [1.29, 1.82) is 0 Å². The molecule has 1 heterocycles. The van der Waals surface area contributed by atoms with Crippen molar-refractivity contribution in [2.45, 2.75) is 6.10 Å². The first-order chi connectivity index (χ1) is 9.15. The summed E-state index contributed by atoms with van der Waals surface area (Å²) in [5.74, 6) is 0.531. The van der Waals surface area contributed by atoms with E-state index in [2.05, 4.69) is 10.0 Å². The largest absolute Gasteiger partial charge is 0.495 e. The summed E-state index contributed by atoms with van der Waals surface area (Å²) in [6.45, 7) is 0.434. The normalized spacial score (nSPS) is 17.9. The van der Waals surface area contributed by atoms with Gasteiger partial charge in [-0.3, -0.25) is 4.90 Å². The standard InChI is InChI=1S/C11H11ClN4O3/c1-18-10-3-2-7(4-9(10)12)16-6-8(5-14-15-13)19-11(16)17/h2-4,8H,5-6H2,1H3/t8-/m0/s1. The first kappa shape index (κ1) is 13.3. The molecule has 0 saturated carbocycles. The van der Waals surface area contributed by atoms with E-state index in [0.29, 0.717) is 23.0 Å². The predicted molar refractivity (Wildman–Crippen MR) is 69.6 cm³/mol. The average molecular weight is 283 g/mol. The minimum absolute atomic E-state index is 0.114. The fraction of sp³-hybridized carbons (Fsp3) is 0.364. The van der Waals surface area contributed by atoms with Crippen molar-refractivity contribution < 1.29 is 14.3 Å². The minimum Gasteiger partial charge on any atom is -0.495 e. The zero-order valence-corrected chi connectivity index (χ0v) is 10.9. The molecular weight excluding hydrogens is 272 g/mol. The van der Waals surface area contributed by atoms with E-state index in [1.54, 1.807) is 18.2 Å². The number of anilines is 1. The van der Waals surface area contributed by atoms with Crippen molar-refractivity contribution in [2.75, 3.05) is 25.1 Å². The van der Waals surface area contributed by atoms with Gasteiger partial charge in [0.25, 0.3) is 0 Å². The molecule has 0 aromatic heterocycles. The Bertz CT molecular complexity index is 545. The highest BCUT2D eigenvalue weighted by molar-refractivity contribution is 6.32. The Balaban J connectivity index is 2.16. The number of amides is 1. The van der Waals surface area contributed by atoms with Crippen LogP contribution in [0.5, 0.6) is 5.75 Å². The van der Waals surface area contributed by atoms with E-state index in [1.165, 1.54) is 12.0 Å². The Morgan fingerprint density at radius 2 is 2.47 bits per heavy atom. The molecule has 8 heteroatoms. The molecule has 2 rings (SSSR count). The molecule has 19 heavy (non-hydrogen) atoms. The predicted octanol–water partition coefficient (Wildman–Crippen LogP) is 2.98. The van der Waals surface area contributed by atoms with Gasteiger partial charge in [0.05, 0.1) is 25.2 Å². The third-order valence-electron chi connectivity index (χ3n) is 2.67. The zero-order chi connectivity index (χ0) is 13.8. The Labute approximate surface area is 114 Å². The fourth-order valence-electron chi connectivity index (χ4n) is 1.78. The lowest BCUT2D eigenvalue weighted by Gasteiger charge is -2.14. The average Bonchev–Trinajstić information content (AvgIpc) is 2.77. The summed E-state index contributed by atoms with van der Waals surface area (Å²) in [5, 5.41) is 3.80. The van der Waals surface area contributed by atoms with Crippen molar-refractivity contribution in [3.05, 3.63) is 33.7 Å². The van der Waals surface area contributed by atoms with Crippen LogP contribution >= 0.6 is 11.6 Å². The Morgan fingerprint density at radius 3 is 3.11 bits per heavy atom. The maximum Gasteiger partial charge on any atom is 0.414 e. The maximum atomic E-state index is 11.7. The van der Waals surface area contributed by atoms with Crippen molar-refractivity contribution in [2.24, 2.45) is 5.11 Å². The van der Waals surface area contributed by atoms with Gasteiger partial charge in [0.2, 0.25) is 0 Å². The lowest BCUT2D eigenvalue weighted by molar-refractivity contribution is 0.145. The summed E-state index contributed by atoms with van der Waals surface area (Å²) in [6.07, 6.45) is -0.927. The quantitative estimate of drug-likeness (QED) is 0.483. The second-order valence-corrected chi connectivity index (χ2v) is 4.26. The number of ether oxygens (including phenoxy) is 2. The van der Waals surface area contributed by atoms with Gasteiger partial charge < -0.3 is 9.47 Å². The summed E-state index contributed by atoms with van der Waals surface area (Å²) in [7, 11) is 1.51. The van der Waals surface area contributed by atoms with Crippen LogP contribution in [-0.2, 0) is 4.74 Å². The number of carbonyl (C=O) groups excluding carboxylic acids is 1. The molecule has 1 fully saturated rings. The van der Waals surface area contributed by atoms with E-state index in [9.17, 15) is 4.79 Å². The van der Waals surface area contributed by atoms with Crippen LogP contribution in [0.15, 0.2) is 23.3 Å². The Kier molecular flexibility index (Phi) is 3.99. The zero-order valence-electron chi connectivity index (χ0n) is 10.1. The number of hydrogen-bond donors (Lipinski definition) is 0. The van der Waals surface area contributed by atoms with Crippen LogP contribution in [0.25, 0.3) is 10.4 Å². The molecule has 0 aliphatic carbocycles.